The Hall–Kier alpha value is -8.61. The zero-order chi connectivity index (χ0) is 41.4. The Kier molecular flexibility index (Phi) is 7.80. The molecule has 0 spiro atoms. The molecule has 0 radical (unpaired) electrons. The van der Waals surface area contributed by atoms with E-state index in [2.05, 4.69) is 197 Å². The SMILES string of the molecule is c1ccc(-c2cccc(-n3c4ccccc4c4ccc5c6ccccc6n(-c6nc(-c7ccccc7)nc(-c7ccc8c(c7)oc7ccc(-c9ccccc9)cc78)n6)c5c43)c2)cc1. The van der Waals surface area contributed by atoms with E-state index < -0.39 is 0 Å². The van der Waals surface area contributed by atoms with Crippen molar-refractivity contribution in [1.82, 2.24) is 24.1 Å². The van der Waals surface area contributed by atoms with E-state index in [4.69, 9.17) is 19.4 Å². The normalized spacial score (nSPS) is 11.8. The summed E-state index contributed by atoms with van der Waals surface area (Å²) in [5.41, 5.74) is 13.3. The number of benzene rings is 9. The number of furan rings is 1. The summed E-state index contributed by atoms with van der Waals surface area (Å²) < 4.78 is 11.2. The summed E-state index contributed by atoms with van der Waals surface area (Å²) in [5, 5.41) is 6.66. The maximum atomic E-state index is 6.53. The van der Waals surface area contributed by atoms with Crippen molar-refractivity contribution in [3.8, 4) is 56.7 Å². The molecule has 6 heteroatoms. The number of aromatic nitrogens is 5. The van der Waals surface area contributed by atoms with Gasteiger partial charge in [-0.25, -0.2) is 4.98 Å². The van der Waals surface area contributed by atoms with E-state index in [9.17, 15) is 0 Å². The van der Waals surface area contributed by atoms with E-state index >= 15 is 0 Å². The minimum absolute atomic E-state index is 0.532. The molecule has 13 rings (SSSR count). The highest BCUT2D eigenvalue weighted by Crippen LogP contribution is 2.42. The topological polar surface area (TPSA) is 61.7 Å². The van der Waals surface area contributed by atoms with Crippen molar-refractivity contribution in [3.05, 3.63) is 212 Å². The van der Waals surface area contributed by atoms with Gasteiger partial charge in [0.1, 0.15) is 11.2 Å². The van der Waals surface area contributed by atoms with Crippen LogP contribution in [0.15, 0.2) is 217 Å². The van der Waals surface area contributed by atoms with E-state index in [0.717, 1.165) is 88.1 Å². The minimum atomic E-state index is 0.532. The molecule has 0 bridgehead atoms. The Labute approximate surface area is 361 Å². The molecule has 0 fully saturated rings. The summed E-state index contributed by atoms with van der Waals surface area (Å²) in [6.45, 7) is 0. The molecule has 4 aromatic heterocycles. The molecule has 0 unspecified atom stereocenters. The monoisotopic (exact) mass is 805 g/mol. The van der Waals surface area contributed by atoms with E-state index in [1.807, 2.05) is 24.3 Å². The first-order valence-corrected chi connectivity index (χ1v) is 21.2. The molecule has 294 valence electrons. The van der Waals surface area contributed by atoms with Crippen LogP contribution in [0.1, 0.15) is 0 Å². The van der Waals surface area contributed by atoms with Crippen LogP contribution < -0.4 is 0 Å². The fourth-order valence-corrected chi connectivity index (χ4v) is 9.47. The van der Waals surface area contributed by atoms with Crippen LogP contribution in [0.4, 0.5) is 0 Å². The van der Waals surface area contributed by atoms with Crippen LogP contribution in [-0.4, -0.2) is 24.1 Å². The van der Waals surface area contributed by atoms with Gasteiger partial charge in [0.2, 0.25) is 5.95 Å². The minimum Gasteiger partial charge on any atom is -0.456 e. The van der Waals surface area contributed by atoms with Crippen LogP contribution in [0.2, 0.25) is 0 Å². The van der Waals surface area contributed by atoms with Crippen LogP contribution >= 0.6 is 0 Å². The molecule has 13 aromatic rings. The van der Waals surface area contributed by atoms with Gasteiger partial charge < -0.3 is 8.98 Å². The summed E-state index contributed by atoms with van der Waals surface area (Å²) in [6, 6.07) is 74.5. The summed E-state index contributed by atoms with van der Waals surface area (Å²) in [5.74, 6) is 1.67. The third-order valence-corrected chi connectivity index (χ3v) is 12.4. The predicted octanol–water partition coefficient (Wildman–Crippen LogP) is 14.6. The average molecular weight is 806 g/mol. The van der Waals surface area contributed by atoms with Crippen molar-refractivity contribution in [1.29, 1.82) is 0 Å². The fraction of sp³-hybridized carbons (Fsp3) is 0. The lowest BCUT2D eigenvalue weighted by atomic mass is 10.0. The second-order valence-electron chi connectivity index (χ2n) is 16.0. The van der Waals surface area contributed by atoms with E-state index in [1.54, 1.807) is 0 Å². The highest BCUT2D eigenvalue weighted by molar-refractivity contribution is 6.23. The van der Waals surface area contributed by atoms with E-state index in [1.165, 1.54) is 16.5 Å². The number of hydrogen-bond donors (Lipinski definition) is 0. The van der Waals surface area contributed by atoms with Gasteiger partial charge in [-0.3, -0.25) is 4.57 Å². The standard InChI is InChI=1S/C57H35N5O/c1-4-15-36(16-5-1)39-21-14-22-42(33-39)61-49-25-12-10-23-43(49)46-30-31-47-44-24-11-13-26-50(44)62(54(47)53(46)61)57-59-55(38-19-8-3-9-20-38)58-56(60-57)41-27-29-45-48-34-40(37-17-6-2-7-18-37)28-32-51(48)63-52(45)35-41/h1-35H. The Morgan fingerprint density at radius 2 is 0.825 bits per heavy atom. The lowest BCUT2D eigenvalue weighted by Gasteiger charge is -2.14. The third-order valence-electron chi connectivity index (χ3n) is 12.4. The number of rotatable bonds is 6. The summed E-state index contributed by atoms with van der Waals surface area (Å²) in [4.78, 5) is 15.9. The fourth-order valence-electron chi connectivity index (χ4n) is 9.47. The molecular weight excluding hydrogens is 771 g/mol. The van der Waals surface area contributed by atoms with Gasteiger partial charge in [0, 0.05) is 49.1 Å². The van der Waals surface area contributed by atoms with Crippen molar-refractivity contribution < 1.29 is 4.42 Å². The second-order valence-corrected chi connectivity index (χ2v) is 16.0. The van der Waals surface area contributed by atoms with Gasteiger partial charge in [-0.1, -0.05) is 164 Å². The largest absolute Gasteiger partial charge is 0.456 e. The van der Waals surface area contributed by atoms with Gasteiger partial charge >= 0.3 is 0 Å². The number of hydrogen-bond acceptors (Lipinski definition) is 4. The Bertz CT molecular complexity index is 3900. The number of para-hydroxylation sites is 2. The predicted molar refractivity (Wildman–Crippen MR) is 258 cm³/mol. The highest BCUT2D eigenvalue weighted by Gasteiger charge is 2.24. The zero-order valence-electron chi connectivity index (χ0n) is 33.9. The van der Waals surface area contributed by atoms with Gasteiger partial charge in [-0.2, -0.15) is 9.97 Å². The molecule has 63 heavy (non-hydrogen) atoms. The van der Waals surface area contributed by atoms with Gasteiger partial charge in [0.25, 0.3) is 0 Å². The first-order chi connectivity index (χ1) is 31.2. The van der Waals surface area contributed by atoms with Crippen molar-refractivity contribution in [3.63, 3.8) is 0 Å². The van der Waals surface area contributed by atoms with E-state index in [-0.39, 0.29) is 0 Å². The quantitative estimate of drug-likeness (QED) is 0.168. The van der Waals surface area contributed by atoms with Crippen molar-refractivity contribution >= 4 is 65.6 Å². The Morgan fingerprint density at radius 3 is 1.51 bits per heavy atom. The maximum absolute atomic E-state index is 6.53. The molecule has 0 amide bonds. The van der Waals surface area contributed by atoms with Crippen molar-refractivity contribution in [2.45, 2.75) is 0 Å². The third kappa shape index (κ3) is 5.62. The van der Waals surface area contributed by atoms with Crippen LogP contribution in [0.5, 0.6) is 0 Å². The number of nitrogens with zero attached hydrogens (tertiary/aromatic N) is 5. The van der Waals surface area contributed by atoms with Gasteiger partial charge in [-0.15, -0.1) is 0 Å². The Balaban J connectivity index is 1.08. The lowest BCUT2D eigenvalue weighted by molar-refractivity contribution is 0.669. The molecular formula is C57H35N5O. The summed E-state index contributed by atoms with van der Waals surface area (Å²) in [7, 11) is 0. The first-order valence-electron chi connectivity index (χ1n) is 21.2. The summed E-state index contributed by atoms with van der Waals surface area (Å²) >= 11 is 0. The molecule has 0 saturated carbocycles. The smallest absolute Gasteiger partial charge is 0.238 e. The molecule has 0 aliphatic heterocycles. The highest BCUT2D eigenvalue weighted by atomic mass is 16.3. The van der Waals surface area contributed by atoms with Crippen LogP contribution in [0, 0.1) is 0 Å². The molecule has 0 aliphatic carbocycles. The molecule has 9 aromatic carbocycles. The van der Waals surface area contributed by atoms with Crippen molar-refractivity contribution in [2.75, 3.05) is 0 Å². The second kappa shape index (κ2) is 14.0. The molecule has 4 heterocycles. The van der Waals surface area contributed by atoms with Crippen LogP contribution in [0.3, 0.4) is 0 Å². The van der Waals surface area contributed by atoms with E-state index in [0.29, 0.717) is 17.6 Å². The molecule has 0 atom stereocenters. The molecule has 0 N–H and O–H groups in total. The lowest BCUT2D eigenvalue weighted by Crippen LogP contribution is -2.07. The summed E-state index contributed by atoms with van der Waals surface area (Å²) in [6.07, 6.45) is 0. The average Bonchev–Trinajstić information content (AvgIpc) is 4.02. The molecule has 6 nitrogen and oxygen atoms in total. The molecule has 0 aliphatic rings. The van der Waals surface area contributed by atoms with Crippen molar-refractivity contribution in [2.24, 2.45) is 0 Å². The maximum Gasteiger partial charge on any atom is 0.238 e. The first kappa shape index (κ1) is 35.2. The molecule has 0 saturated heterocycles. The van der Waals surface area contributed by atoms with Crippen LogP contribution in [-0.2, 0) is 0 Å². The Morgan fingerprint density at radius 1 is 0.302 bits per heavy atom. The van der Waals surface area contributed by atoms with Crippen LogP contribution in [0.25, 0.3) is 122 Å². The van der Waals surface area contributed by atoms with Gasteiger partial charge in [0.05, 0.1) is 22.1 Å². The van der Waals surface area contributed by atoms with Gasteiger partial charge in [0.15, 0.2) is 11.6 Å². The zero-order valence-corrected chi connectivity index (χ0v) is 33.9. The number of fused-ring (bicyclic) bond motifs is 10. The van der Waals surface area contributed by atoms with Gasteiger partial charge in [-0.05, 0) is 70.8 Å².